The Morgan fingerprint density at radius 1 is 1.47 bits per heavy atom. The van der Waals surface area contributed by atoms with Crippen LogP contribution >= 0.6 is 11.6 Å². The summed E-state index contributed by atoms with van der Waals surface area (Å²) < 4.78 is 0. The lowest BCUT2D eigenvalue weighted by atomic mass is 9.94. The molecule has 102 valence electrons. The van der Waals surface area contributed by atoms with Crippen molar-refractivity contribution in [3.8, 4) is 0 Å². The van der Waals surface area contributed by atoms with Crippen molar-refractivity contribution in [2.24, 2.45) is 10.7 Å². The second kappa shape index (κ2) is 5.93. The van der Waals surface area contributed by atoms with Crippen LogP contribution in [0.5, 0.6) is 0 Å². The number of halogens is 1. The third kappa shape index (κ3) is 3.61. The van der Waals surface area contributed by atoms with E-state index in [1.807, 2.05) is 19.1 Å². The number of nitrogens with zero attached hydrogens (tertiary/aromatic N) is 1. The van der Waals surface area contributed by atoms with Crippen LogP contribution in [-0.4, -0.2) is 18.0 Å². The Bertz CT molecular complexity index is 491. The van der Waals surface area contributed by atoms with Crippen molar-refractivity contribution in [3.05, 3.63) is 28.8 Å². The van der Waals surface area contributed by atoms with Gasteiger partial charge in [-0.3, -0.25) is 5.32 Å². The molecule has 0 saturated heterocycles. The lowest BCUT2D eigenvalue weighted by Crippen LogP contribution is -2.41. The van der Waals surface area contributed by atoms with Gasteiger partial charge in [-0.1, -0.05) is 23.7 Å². The van der Waals surface area contributed by atoms with Gasteiger partial charge in [0.1, 0.15) is 0 Å². The summed E-state index contributed by atoms with van der Waals surface area (Å²) in [6.07, 6.45) is 3.24. The number of hydrogen-bond donors (Lipinski definition) is 3. The molecule has 0 radical (unpaired) electrons. The highest BCUT2D eigenvalue weighted by molar-refractivity contribution is 6.34. The van der Waals surface area contributed by atoms with E-state index in [0.29, 0.717) is 10.7 Å². The number of aryl methyl sites for hydroxylation is 1. The highest BCUT2D eigenvalue weighted by Gasteiger charge is 2.17. The molecule has 1 saturated carbocycles. The molecular formula is C13H17ClN4O. The minimum Gasteiger partial charge on any atom is -0.370 e. The van der Waals surface area contributed by atoms with Crippen LogP contribution in [0.4, 0.5) is 10.5 Å². The molecule has 0 heterocycles. The van der Waals surface area contributed by atoms with E-state index in [0.717, 1.165) is 18.4 Å². The molecule has 0 unspecified atom stereocenters. The zero-order valence-corrected chi connectivity index (χ0v) is 11.5. The van der Waals surface area contributed by atoms with Crippen molar-refractivity contribution in [2.75, 3.05) is 5.32 Å². The molecule has 4 N–H and O–H groups in total. The fraction of sp³-hybridized carbons (Fsp3) is 0.385. The monoisotopic (exact) mass is 280 g/mol. The lowest BCUT2D eigenvalue weighted by molar-refractivity contribution is 0.256. The van der Waals surface area contributed by atoms with Crippen molar-refractivity contribution in [2.45, 2.75) is 32.2 Å². The van der Waals surface area contributed by atoms with Gasteiger partial charge in [-0.25, -0.2) is 9.79 Å². The summed E-state index contributed by atoms with van der Waals surface area (Å²) >= 11 is 6.02. The topological polar surface area (TPSA) is 79.5 Å². The Balaban J connectivity index is 1.95. The molecule has 6 heteroatoms. The van der Waals surface area contributed by atoms with E-state index >= 15 is 0 Å². The molecule has 0 aromatic heterocycles. The number of carbonyl (C=O) groups excluding carboxylic acids is 1. The number of guanidine groups is 1. The number of para-hydroxylation sites is 1. The average Bonchev–Trinajstić information content (AvgIpc) is 2.29. The predicted octanol–water partition coefficient (Wildman–Crippen LogP) is 2.64. The number of nitrogens with two attached hydrogens (primary N) is 1. The fourth-order valence-electron chi connectivity index (χ4n) is 1.80. The van der Waals surface area contributed by atoms with E-state index in [4.69, 9.17) is 17.3 Å². The first-order valence-electron chi connectivity index (χ1n) is 6.22. The molecule has 1 aliphatic rings. The number of urea groups is 1. The molecule has 0 spiro atoms. The van der Waals surface area contributed by atoms with Gasteiger partial charge in [-0.05, 0) is 37.8 Å². The summed E-state index contributed by atoms with van der Waals surface area (Å²) in [6.45, 7) is 1.87. The van der Waals surface area contributed by atoms with Crippen LogP contribution in [0.2, 0.25) is 5.02 Å². The standard InChI is InChI=1S/C13H17ClN4O/c1-8-4-2-7-10(14)11(8)17-13(19)18-12(15)16-9-5-3-6-9/h2,4,7,9H,3,5-6H2,1H3,(H4,15,16,17,18,19). The summed E-state index contributed by atoms with van der Waals surface area (Å²) in [7, 11) is 0. The van der Waals surface area contributed by atoms with Crippen LogP contribution in [0.15, 0.2) is 23.2 Å². The molecule has 0 aliphatic heterocycles. The average molecular weight is 281 g/mol. The van der Waals surface area contributed by atoms with Gasteiger partial charge in [0.2, 0.25) is 0 Å². The summed E-state index contributed by atoms with van der Waals surface area (Å²) in [6, 6.07) is 5.23. The predicted molar refractivity (Wildman–Crippen MR) is 77.6 cm³/mol. The number of benzene rings is 1. The maximum Gasteiger partial charge on any atom is 0.326 e. The maximum atomic E-state index is 11.8. The van der Waals surface area contributed by atoms with E-state index in [-0.39, 0.29) is 12.0 Å². The highest BCUT2D eigenvalue weighted by atomic mass is 35.5. The second-order valence-corrected chi connectivity index (χ2v) is 5.02. The SMILES string of the molecule is Cc1cccc(Cl)c1NC(=O)NC(N)=NC1CCC1. The molecule has 1 aliphatic carbocycles. The molecule has 19 heavy (non-hydrogen) atoms. The van der Waals surface area contributed by atoms with Crippen molar-refractivity contribution in [1.29, 1.82) is 0 Å². The first kappa shape index (κ1) is 13.7. The molecule has 1 fully saturated rings. The van der Waals surface area contributed by atoms with E-state index in [9.17, 15) is 4.79 Å². The number of carbonyl (C=O) groups is 1. The quantitative estimate of drug-likeness (QED) is 0.575. The van der Waals surface area contributed by atoms with Gasteiger partial charge in [0.05, 0.1) is 16.8 Å². The van der Waals surface area contributed by atoms with E-state index in [2.05, 4.69) is 15.6 Å². The summed E-state index contributed by atoms with van der Waals surface area (Å²) in [4.78, 5) is 16.0. The zero-order chi connectivity index (χ0) is 13.8. The normalized spacial score (nSPS) is 15.8. The van der Waals surface area contributed by atoms with Gasteiger partial charge in [-0.15, -0.1) is 0 Å². The second-order valence-electron chi connectivity index (χ2n) is 4.61. The Labute approximate surface area is 117 Å². The number of anilines is 1. The minimum absolute atomic E-state index is 0.145. The number of amides is 2. The number of rotatable bonds is 2. The summed E-state index contributed by atoms with van der Waals surface area (Å²) in [5.74, 6) is 0.145. The van der Waals surface area contributed by atoms with Crippen LogP contribution < -0.4 is 16.4 Å². The largest absolute Gasteiger partial charge is 0.370 e. The van der Waals surface area contributed by atoms with Crippen LogP contribution in [0.1, 0.15) is 24.8 Å². The number of hydrogen-bond acceptors (Lipinski definition) is 2. The first-order valence-corrected chi connectivity index (χ1v) is 6.60. The highest BCUT2D eigenvalue weighted by Crippen LogP contribution is 2.25. The van der Waals surface area contributed by atoms with E-state index in [1.165, 1.54) is 6.42 Å². The van der Waals surface area contributed by atoms with Crippen molar-refractivity contribution in [3.63, 3.8) is 0 Å². The molecule has 2 rings (SSSR count). The summed E-state index contributed by atoms with van der Waals surface area (Å²) in [5.41, 5.74) is 7.13. The van der Waals surface area contributed by atoms with Gasteiger partial charge in [0.25, 0.3) is 0 Å². The minimum atomic E-state index is -0.434. The van der Waals surface area contributed by atoms with E-state index in [1.54, 1.807) is 6.07 Å². The van der Waals surface area contributed by atoms with Crippen molar-refractivity contribution >= 4 is 29.3 Å². The fourth-order valence-corrected chi connectivity index (χ4v) is 2.07. The van der Waals surface area contributed by atoms with Gasteiger partial charge >= 0.3 is 6.03 Å². The Morgan fingerprint density at radius 3 is 2.79 bits per heavy atom. The van der Waals surface area contributed by atoms with Gasteiger partial charge in [0, 0.05) is 0 Å². The maximum absolute atomic E-state index is 11.8. The lowest BCUT2D eigenvalue weighted by Gasteiger charge is -2.21. The molecule has 1 aromatic carbocycles. The molecule has 1 aromatic rings. The molecule has 0 atom stereocenters. The first-order chi connectivity index (χ1) is 9.06. The smallest absolute Gasteiger partial charge is 0.326 e. The Kier molecular flexibility index (Phi) is 4.27. The molecule has 0 bridgehead atoms. The van der Waals surface area contributed by atoms with Crippen LogP contribution in [-0.2, 0) is 0 Å². The molecule has 5 nitrogen and oxygen atoms in total. The summed E-state index contributed by atoms with van der Waals surface area (Å²) in [5, 5.41) is 5.67. The van der Waals surface area contributed by atoms with Crippen molar-refractivity contribution in [1.82, 2.24) is 5.32 Å². The third-order valence-electron chi connectivity index (χ3n) is 3.10. The number of nitrogens with one attached hydrogen (secondary N) is 2. The number of aliphatic imine (C=N–C) groups is 1. The van der Waals surface area contributed by atoms with Gasteiger partial charge < -0.3 is 11.1 Å². The molecular weight excluding hydrogens is 264 g/mol. The molecule has 2 amide bonds. The van der Waals surface area contributed by atoms with Gasteiger partial charge in [-0.2, -0.15) is 0 Å². The Morgan fingerprint density at radius 2 is 2.21 bits per heavy atom. The van der Waals surface area contributed by atoms with E-state index < -0.39 is 6.03 Å². The van der Waals surface area contributed by atoms with Crippen molar-refractivity contribution < 1.29 is 4.79 Å². The van der Waals surface area contributed by atoms with Crippen LogP contribution in [0.3, 0.4) is 0 Å². The Hall–Kier alpha value is -1.75. The van der Waals surface area contributed by atoms with Crippen LogP contribution in [0.25, 0.3) is 0 Å². The van der Waals surface area contributed by atoms with Crippen LogP contribution in [0, 0.1) is 6.92 Å². The van der Waals surface area contributed by atoms with Gasteiger partial charge in [0.15, 0.2) is 5.96 Å². The zero-order valence-electron chi connectivity index (χ0n) is 10.7. The third-order valence-corrected chi connectivity index (χ3v) is 3.41.